The molecule has 0 aromatic heterocycles. The third kappa shape index (κ3) is 3.61. The third-order valence-electron chi connectivity index (χ3n) is 1.37. The maximum Gasteiger partial charge on any atom is 0.314 e. The average Bonchev–Trinajstić information content (AvgIpc) is 1.99. The van der Waals surface area contributed by atoms with Gasteiger partial charge >= 0.3 is 5.97 Å². The van der Waals surface area contributed by atoms with Gasteiger partial charge in [0.25, 0.3) is 6.43 Å². The molecule has 72 valence electrons. The van der Waals surface area contributed by atoms with Gasteiger partial charge in [-0.2, -0.15) is 0 Å². The smallest absolute Gasteiger partial charge is 0.314 e. The Morgan fingerprint density at radius 3 is 2.50 bits per heavy atom. The van der Waals surface area contributed by atoms with Crippen LogP contribution in [0, 0.1) is 5.92 Å². The lowest BCUT2D eigenvalue weighted by Gasteiger charge is -2.12. The minimum absolute atomic E-state index is 0.0312. The maximum atomic E-state index is 12.1. The fourth-order valence-corrected chi connectivity index (χ4v) is 0.776. The summed E-state index contributed by atoms with van der Waals surface area (Å²) in [5.74, 6) is -2.23. The third-order valence-corrected chi connectivity index (χ3v) is 1.37. The van der Waals surface area contributed by atoms with E-state index in [0.717, 1.165) is 0 Å². The van der Waals surface area contributed by atoms with Gasteiger partial charge in [0, 0.05) is 0 Å². The number of carbonyl (C=O) groups excluding carboxylic acids is 1. The average molecular weight is 181 g/mol. The van der Waals surface area contributed by atoms with Crippen LogP contribution in [-0.4, -0.2) is 25.5 Å². The van der Waals surface area contributed by atoms with Crippen LogP contribution in [0.15, 0.2) is 0 Å². The molecule has 0 fully saturated rings. The Labute approximate surface area is 69.9 Å². The first-order chi connectivity index (χ1) is 5.63. The molecule has 0 aromatic rings. The summed E-state index contributed by atoms with van der Waals surface area (Å²) >= 11 is 0. The second-order valence-electron chi connectivity index (χ2n) is 2.27. The molecule has 0 aliphatic carbocycles. The maximum absolute atomic E-state index is 12.1. The number of rotatable bonds is 5. The molecule has 0 aromatic carbocycles. The molecular weight excluding hydrogens is 168 g/mol. The molecule has 5 heteroatoms. The fourth-order valence-electron chi connectivity index (χ4n) is 0.776. The molecule has 0 radical (unpaired) electrons. The van der Waals surface area contributed by atoms with E-state index in [1.165, 1.54) is 0 Å². The van der Waals surface area contributed by atoms with Gasteiger partial charge in [0.1, 0.15) is 5.92 Å². The summed E-state index contributed by atoms with van der Waals surface area (Å²) in [6.45, 7) is 1.75. The van der Waals surface area contributed by atoms with Crippen LogP contribution in [0.1, 0.15) is 13.3 Å². The fraction of sp³-hybridized carbons (Fsp3) is 0.857. The van der Waals surface area contributed by atoms with Crippen molar-refractivity contribution in [3.8, 4) is 0 Å². The van der Waals surface area contributed by atoms with Crippen molar-refractivity contribution in [1.29, 1.82) is 0 Å². The van der Waals surface area contributed by atoms with E-state index in [-0.39, 0.29) is 19.6 Å². The van der Waals surface area contributed by atoms with Gasteiger partial charge < -0.3 is 10.5 Å². The van der Waals surface area contributed by atoms with E-state index in [9.17, 15) is 13.6 Å². The highest BCUT2D eigenvalue weighted by molar-refractivity contribution is 5.72. The van der Waals surface area contributed by atoms with Crippen LogP contribution in [0.3, 0.4) is 0 Å². The highest BCUT2D eigenvalue weighted by Crippen LogP contribution is 2.14. The normalized spacial score (nSPS) is 13.1. The number of carbonyl (C=O) groups is 1. The van der Waals surface area contributed by atoms with Crippen molar-refractivity contribution >= 4 is 5.97 Å². The van der Waals surface area contributed by atoms with Crippen molar-refractivity contribution < 1.29 is 18.3 Å². The monoisotopic (exact) mass is 181 g/mol. The highest BCUT2D eigenvalue weighted by atomic mass is 19.3. The quantitative estimate of drug-likeness (QED) is 0.637. The predicted molar refractivity (Wildman–Crippen MR) is 39.8 cm³/mol. The number of ether oxygens (including phenoxy) is 1. The zero-order valence-corrected chi connectivity index (χ0v) is 6.93. The van der Waals surface area contributed by atoms with Gasteiger partial charge in [-0.15, -0.1) is 0 Å². The Bertz CT molecular complexity index is 141. The van der Waals surface area contributed by atoms with Crippen molar-refractivity contribution in [1.82, 2.24) is 0 Å². The van der Waals surface area contributed by atoms with E-state index in [4.69, 9.17) is 5.73 Å². The van der Waals surface area contributed by atoms with Crippen LogP contribution < -0.4 is 5.73 Å². The summed E-state index contributed by atoms with van der Waals surface area (Å²) in [6, 6.07) is 0. The van der Waals surface area contributed by atoms with Crippen LogP contribution in [-0.2, 0) is 9.53 Å². The molecule has 1 unspecified atom stereocenters. The molecule has 1 atom stereocenters. The number of hydrogen-bond acceptors (Lipinski definition) is 3. The zero-order valence-electron chi connectivity index (χ0n) is 6.93. The van der Waals surface area contributed by atoms with Crippen LogP contribution in [0.4, 0.5) is 8.78 Å². The summed E-state index contributed by atoms with van der Waals surface area (Å²) in [6.07, 6.45) is -2.72. The lowest BCUT2D eigenvalue weighted by Crippen LogP contribution is -2.27. The van der Waals surface area contributed by atoms with E-state index in [1.807, 2.05) is 0 Å². The van der Waals surface area contributed by atoms with Gasteiger partial charge in [0.2, 0.25) is 0 Å². The molecule has 0 saturated heterocycles. The van der Waals surface area contributed by atoms with Crippen molar-refractivity contribution in [2.24, 2.45) is 11.7 Å². The molecule has 2 N–H and O–H groups in total. The summed E-state index contributed by atoms with van der Waals surface area (Å²) in [7, 11) is 0. The number of esters is 1. The summed E-state index contributed by atoms with van der Waals surface area (Å²) < 4.78 is 28.7. The molecule has 0 saturated carbocycles. The first-order valence-corrected chi connectivity index (χ1v) is 3.78. The topological polar surface area (TPSA) is 52.3 Å². The van der Waals surface area contributed by atoms with Gasteiger partial charge in [0.05, 0.1) is 6.61 Å². The molecular formula is C7H13F2NO2. The lowest BCUT2D eigenvalue weighted by molar-refractivity contribution is -0.153. The molecule has 0 aliphatic heterocycles. The summed E-state index contributed by atoms with van der Waals surface area (Å²) in [4.78, 5) is 10.8. The van der Waals surface area contributed by atoms with Crippen LogP contribution >= 0.6 is 0 Å². The van der Waals surface area contributed by atoms with Crippen molar-refractivity contribution in [3.63, 3.8) is 0 Å². The van der Waals surface area contributed by atoms with E-state index in [2.05, 4.69) is 4.74 Å². The van der Waals surface area contributed by atoms with Crippen LogP contribution in [0.2, 0.25) is 0 Å². The number of alkyl halides is 2. The summed E-state index contributed by atoms with van der Waals surface area (Å²) in [5, 5.41) is 0. The van der Waals surface area contributed by atoms with Gasteiger partial charge in [-0.3, -0.25) is 4.79 Å². The number of nitrogens with two attached hydrogens (primary N) is 1. The molecule has 0 rings (SSSR count). The Balaban J connectivity index is 4.00. The Kier molecular flexibility index (Phi) is 5.53. The highest BCUT2D eigenvalue weighted by Gasteiger charge is 2.28. The SMILES string of the molecule is CCOC(=O)C(CCN)C(F)F. The summed E-state index contributed by atoms with van der Waals surface area (Å²) in [5.41, 5.74) is 5.06. The Hall–Kier alpha value is -0.710. The lowest BCUT2D eigenvalue weighted by atomic mass is 10.1. The van der Waals surface area contributed by atoms with Crippen molar-refractivity contribution in [2.75, 3.05) is 13.2 Å². The molecule has 0 aliphatic rings. The largest absolute Gasteiger partial charge is 0.466 e. The number of hydrogen-bond donors (Lipinski definition) is 1. The van der Waals surface area contributed by atoms with Gasteiger partial charge in [-0.05, 0) is 19.9 Å². The standard InChI is InChI=1S/C7H13F2NO2/c1-2-12-7(11)5(3-4-10)6(8)9/h5-6H,2-4,10H2,1H3. The minimum Gasteiger partial charge on any atom is -0.466 e. The van der Waals surface area contributed by atoms with E-state index < -0.39 is 18.3 Å². The van der Waals surface area contributed by atoms with E-state index in [0.29, 0.717) is 0 Å². The van der Waals surface area contributed by atoms with Crippen LogP contribution in [0.25, 0.3) is 0 Å². The first kappa shape index (κ1) is 11.3. The molecule has 0 spiro atoms. The minimum atomic E-state index is -2.69. The second kappa shape index (κ2) is 5.88. The predicted octanol–water partition coefficient (Wildman–Crippen LogP) is 0.780. The van der Waals surface area contributed by atoms with Crippen LogP contribution in [0.5, 0.6) is 0 Å². The van der Waals surface area contributed by atoms with Crippen molar-refractivity contribution in [3.05, 3.63) is 0 Å². The van der Waals surface area contributed by atoms with E-state index >= 15 is 0 Å². The molecule has 0 heterocycles. The zero-order chi connectivity index (χ0) is 9.56. The van der Waals surface area contributed by atoms with Gasteiger partial charge in [-0.25, -0.2) is 8.78 Å². The Morgan fingerprint density at radius 2 is 2.17 bits per heavy atom. The molecule has 12 heavy (non-hydrogen) atoms. The van der Waals surface area contributed by atoms with Gasteiger partial charge in [-0.1, -0.05) is 0 Å². The first-order valence-electron chi connectivity index (χ1n) is 3.78. The number of halogens is 2. The van der Waals surface area contributed by atoms with Crippen molar-refractivity contribution in [2.45, 2.75) is 19.8 Å². The molecule has 3 nitrogen and oxygen atoms in total. The van der Waals surface area contributed by atoms with E-state index in [1.54, 1.807) is 6.92 Å². The molecule has 0 bridgehead atoms. The molecule has 0 amide bonds. The second-order valence-corrected chi connectivity index (χ2v) is 2.27. The Morgan fingerprint density at radius 1 is 1.58 bits per heavy atom. The van der Waals surface area contributed by atoms with Gasteiger partial charge in [0.15, 0.2) is 0 Å².